The SMILES string of the molecule is Cc1cc(C)n2ncc(C(=O)N3CCN(S(=O)(=O)/C=C/c4ccccc4)CC3)c2n1. The smallest absolute Gasteiger partial charge is 0.259 e. The van der Waals surface area contributed by atoms with Crippen molar-refractivity contribution in [1.29, 1.82) is 0 Å². The largest absolute Gasteiger partial charge is 0.336 e. The Bertz CT molecular complexity index is 1210. The topological polar surface area (TPSA) is 87.9 Å². The summed E-state index contributed by atoms with van der Waals surface area (Å²) in [5, 5.41) is 5.50. The Kier molecular flexibility index (Phi) is 5.40. The second-order valence-corrected chi connectivity index (χ2v) is 9.10. The van der Waals surface area contributed by atoms with E-state index in [1.807, 2.05) is 50.2 Å². The van der Waals surface area contributed by atoms with Gasteiger partial charge in [0, 0.05) is 43.0 Å². The molecule has 2 aromatic heterocycles. The van der Waals surface area contributed by atoms with Crippen LogP contribution in [0.25, 0.3) is 11.7 Å². The number of amides is 1. The molecule has 1 aliphatic heterocycles. The van der Waals surface area contributed by atoms with Crippen LogP contribution in [0.1, 0.15) is 27.3 Å². The molecule has 156 valence electrons. The lowest BCUT2D eigenvalue weighted by Gasteiger charge is -2.33. The van der Waals surface area contributed by atoms with E-state index in [0.717, 1.165) is 17.0 Å². The first kappa shape index (κ1) is 20.2. The number of piperazine rings is 1. The minimum absolute atomic E-state index is 0.181. The van der Waals surface area contributed by atoms with Crippen molar-refractivity contribution < 1.29 is 13.2 Å². The van der Waals surface area contributed by atoms with Crippen LogP contribution in [-0.4, -0.2) is 64.3 Å². The summed E-state index contributed by atoms with van der Waals surface area (Å²) >= 11 is 0. The van der Waals surface area contributed by atoms with Crippen LogP contribution < -0.4 is 0 Å². The summed E-state index contributed by atoms with van der Waals surface area (Å²) < 4.78 is 28.3. The van der Waals surface area contributed by atoms with Gasteiger partial charge in [0.05, 0.1) is 6.20 Å². The molecule has 0 N–H and O–H groups in total. The zero-order valence-corrected chi connectivity index (χ0v) is 17.7. The highest BCUT2D eigenvalue weighted by atomic mass is 32.2. The fraction of sp³-hybridized carbons (Fsp3) is 0.286. The minimum Gasteiger partial charge on any atom is -0.336 e. The van der Waals surface area contributed by atoms with Crippen LogP contribution in [0.3, 0.4) is 0 Å². The minimum atomic E-state index is -3.54. The van der Waals surface area contributed by atoms with E-state index in [4.69, 9.17) is 0 Å². The van der Waals surface area contributed by atoms with E-state index in [1.165, 1.54) is 15.9 Å². The van der Waals surface area contributed by atoms with E-state index in [0.29, 0.717) is 24.3 Å². The van der Waals surface area contributed by atoms with E-state index < -0.39 is 10.0 Å². The van der Waals surface area contributed by atoms with E-state index in [-0.39, 0.29) is 19.0 Å². The molecule has 3 heterocycles. The Balaban J connectivity index is 1.46. The molecule has 0 saturated carbocycles. The van der Waals surface area contributed by atoms with Crippen molar-refractivity contribution >= 4 is 27.7 Å². The molecule has 1 saturated heterocycles. The van der Waals surface area contributed by atoms with Gasteiger partial charge in [-0.3, -0.25) is 4.79 Å². The molecule has 30 heavy (non-hydrogen) atoms. The van der Waals surface area contributed by atoms with Crippen LogP contribution in [0.4, 0.5) is 0 Å². The van der Waals surface area contributed by atoms with Crippen molar-refractivity contribution in [2.24, 2.45) is 0 Å². The molecular weight excluding hydrogens is 402 g/mol. The van der Waals surface area contributed by atoms with Crippen LogP contribution in [0.15, 0.2) is 48.0 Å². The molecule has 4 rings (SSSR count). The molecule has 0 atom stereocenters. The van der Waals surface area contributed by atoms with Crippen LogP contribution in [0.2, 0.25) is 0 Å². The number of carbonyl (C=O) groups is 1. The molecule has 1 aliphatic rings. The summed E-state index contributed by atoms with van der Waals surface area (Å²) in [5.74, 6) is -0.181. The highest BCUT2D eigenvalue weighted by Crippen LogP contribution is 2.17. The highest BCUT2D eigenvalue weighted by Gasteiger charge is 2.29. The maximum Gasteiger partial charge on any atom is 0.259 e. The van der Waals surface area contributed by atoms with Crippen LogP contribution in [0.5, 0.6) is 0 Å². The molecule has 0 bridgehead atoms. The number of benzene rings is 1. The zero-order valence-electron chi connectivity index (χ0n) is 16.9. The average molecular weight is 426 g/mol. The van der Waals surface area contributed by atoms with Gasteiger partial charge in [0.1, 0.15) is 5.56 Å². The number of hydrogen-bond acceptors (Lipinski definition) is 5. The number of aromatic nitrogens is 3. The normalized spacial score (nSPS) is 15.9. The van der Waals surface area contributed by atoms with E-state index in [2.05, 4.69) is 10.1 Å². The quantitative estimate of drug-likeness (QED) is 0.639. The van der Waals surface area contributed by atoms with Gasteiger partial charge < -0.3 is 4.90 Å². The third kappa shape index (κ3) is 3.99. The average Bonchev–Trinajstić information content (AvgIpc) is 3.17. The fourth-order valence-electron chi connectivity index (χ4n) is 3.55. The van der Waals surface area contributed by atoms with Gasteiger partial charge in [-0.1, -0.05) is 30.3 Å². The molecule has 3 aromatic rings. The molecular formula is C21H23N5O3S. The summed E-state index contributed by atoms with van der Waals surface area (Å²) in [6, 6.07) is 11.2. The van der Waals surface area contributed by atoms with Gasteiger partial charge in [0.15, 0.2) is 5.65 Å². The number of sulfonamides is 1. The van der Waals surface area contributed by atoms with Gasteiger partial charge in [-0.05, 0) is 31.6 Å². The Hall–Kier alpha value is -3.04. The molecule has 0 spiro atoms. The second kappa shape index (κ2) is 8.00. The standard InChI is InChI=1S/C21H23N5O3S/c1-16-14-17(2)26-20(23-16)19(15-22-26)21(27)24-9-11-25(12-10-24)30(28,29)13-8-18-6-4-3-5-7-18/h3-8,13-15H,9-12H2,1-2H3/b13-8+. The summed E-state index contributed by atoms with van der Waals surface area (Å²) in [6.07, 6.45) is 3.12. The van der Waals surface area contributed by atoms with Crippen molar-refractivity contribution in [1.82, 2.24) is 23.8 Å². The van der Waals surface area contributed by atoms with Gasteiger partial charge in [0.25, 0.3) is 5.91 Å². The van der Waals surface area contributed by atoms with Crippen molar-refractivity contribution in [3.05, 3.63) is 70.5 Å². The number of hydrogen-bond donors (Lipinski definition) is 0. The van der Waals surface area contributed by atoms with Gasteiger partial charge in [0.2, 0.25) is 10.0 Å². The molecule has 9 heteroatoms. The predicted octanol–water partition coefficient (Wildman–Crippen LogP) is 2.10. The van der Waals surface area contributed by atoms with Gasteiger partial charge in [-0.2, -0.15) is 9.40 Å². The van der Waals surface area contributed by atoms with Gasteiger partial charge in [-0.25, -0.2) is 17.9 Å². The molecule has 1 aromatic carbocycles. The summed E-state index contributed by atoms with van der Waals surface area (Å²) in [6.45, 7) is 4.92. The predicted molar refractivity (Wildman–Crippen MR) is 114 cm³/mol. The van der Waals surface area contributed by atoms with Crippen LogP contribution in [0, 0.1) is 13.8 Å². The third-order valence-corrected chi connectivity index (χ3v) is 6.69. The lowest BCUT2D eigenvalue weighted by molar-refractivity contribution is 0.0700. The number of carbonyl (C=O) groups excluding carboxylic acids is 1. The summed E-state index contributed by atoms with van der Waals surface area (Å²) in [4.78, 5) is 19.1. The Morgan fingerprint density at radius 3 is 2.47 bits per heavy atom. The first-order chi connectivity index (χ1) is 14.3. The third-order valence-electron chi connectivity index (χ3n) is 5.13. The van der Waals surface area contributed by atoms with Crippen molar-refractivity contribution in [2.45, 2.75) is 13.8 Å². The Morgan fingerprint density at radius 2 is 1.77 bits per heavy atom. The van der Waals surface area contributed by atoms with Crippen molar-refractivity contribution in [3.63, 3.8) is 0 Å². The van der Waals surface area contributed by atoms with Gasteiger partial charge in [-0.15, -0.1) is 0 Å². The summed E-state index contributed by atoms with van der Waals surface area (Å²) in [5.41, 5.74) is 3.50. The second-order valence-electron chi connectivity index (χ2n) is 7.28. The number of nitrogens with zero attached hydrogens (tertiary/aromatic N) is 5. The van der Waals surface area contributed by atoms with E-state index in [1.54, 1.807) is 15.5 Å². The van der Waals surface area contributed by atoms with Crippen molar-refractivity contribution in [3.8, 4) is 0 Å². The molecule has 1 amide bonds. The van der Waals surface area contributed by atoms with E-state index in [9.17, 15) is 13.2 Å². The number of rotatable bonds is 4. The zero-order chi connectivity index (χ0) is 21.3. The first-order valence-electron chi connectivity index (χ1n) is 9.70. The monoisotopic (exact) mass is 425 g/mol. The maximum absolute atomic E-state index is 13.0. The molecule has 8 nitrogen and oxygen atoms in total. The number of aryl methyl sites for hydroxylation is 2. The maximum atomic E-state index is 13.0. The first-order valence-corrected chi connectivity index (χ1v) is 11.2. The molecule has 0 unspecified atom stereocenters. The van der Waals surface area contributed by atoms with Gasteiger partial charge >= 0.3 is 0 Å². The van der Waals surface area contributed by atoms with Crippen LogP contribution >= 0.6 is 0 Å². The van der Waals surface area contributed by atoms with E-state index >= 15 is 0 Å². The number of fused-ring (bicyclic) bond motifs is 1. The highest BCUT2D eigenvalue weighted by molar-refractivity contribution is 7.92. The van der Waals surface area contributed by atoms with Crippen molar-refractivity contribution in [2.75, 3.05) is 26.2 Å². The molecule has 0 aliphatic carbocycles. The molecule has 1 fully saturated rings. The lowest BCUT2D eigenvalue weighted by Crippen LogP contribution is -2.50. The van der Waals surface area contributed by atoms with Crippen LogP contribution in [-0.2, 0) is 10.0 Å². The Labute approximate surface area is 175 Å². The lowest BCUT2D eigenvalue weighted by atomic mass is 10.2. The summed E-state index contributed by atoms with van der Waals surface area (Å²) in [7, 11) is -3.54. The fourth-order valence-corrected chi connectivity index (χ4v) is 4.73. The Morgan fingerprint density at radius 1 is 1.07 bits per heavy atom. The molecule has 0 radical (unpaired) electrons.